The van der Waals surface area contributed by atoms with Gasteiger partial charge >= 0.3 is 0 Å². The topological polar surface area (TPSA) is 59.1 Å². The molecule has 1 heterocycles. The summed E-state index contributed by atoms with van der Waals surface area (Å²) < 4.78 is 24.1. The predicted octanol–water partition coefficient (Wildman–Crippen LogP) is 1.09. The first-order valence-corrected chi connectivity index (χ1v) is 3.28. The molecule has 66 valence electrons. The van der Waals surface area contributed by atoms with Gasteiger partial charge in [-0.15, -0.1) is 0 Å². The predicted molar refractivity (Wildman–Crippen MR) is 39.5 cm³/mol. The summed E-state index contributed by atoms with van der Waals surface area (Å²) in [5, 5.41) is 8.61. The van der Waals surface area contributed by atoms with Gasteiger partial charge in [-0.3, -0.25) is 4.98 Å². The zero-order valence-corrected chi connectivity index (χ0v) is 6.17. The van der Waals surface area contributed by atoms with E-state index >= 15 is 0 Å². The molecule has 1 aromatic heterocycles. The molecule has 0 bridgehead atoms. The van der Waals surface area contributed by atoms with Crippen molar-refractivity contribution in [2.24, 2.45) is 0 Å². The largest absolute Gasteiger partial charge is 0.397 e. The first kappa shape index (κ1) is 8.86. The van der Waals surface area contributed by atoms with Gasteiger partial charge in [-0.25, -0.2) is 8.78 Å². The first-order chi connectivity index (χ1) is 5.65. The molecule has 0 aliphatic rings. The molecule has 0 fully saturated rings. The maximum Gasteiger partial charge on any atom is 0.282 e. The van der Waals surface area contributed by atoms with Gasteiger partial charge in [-0.05, 0) is 11.6 Å². The molecule has 0 aliphatic carbocycles. The smallest absolute Gasteiger partial charge is 0.282 e. The van der Waals surface area contributed by atoms with Crippen LogP contribution >= 0.6 is 0 Å². The molecule has 1 aromatic rings. The van der Waals surface area contributed by atoms with Gasteiger partial charge in [-0.2, -0.15) is 0 Å². The molecule has 0 spiro atoms. The Kier molecular flexibility index (Phi) is 2.54. The molecule has 0 radical (unpaired) electrons. The maximum absolute atomic E-state index is 12.1. The third kappa shape index (κ3) is 1.68. The fourth-order valence-electron chi connectivity index (χ4n) is 0.807. The molecule has 0 atom stereocenters. The number of anilines is 1. The number of pyridine rings is 1. The van der Waals surface area contributed by atoms with E-state index in [1.54, 1.807) is 0 Å². The molecule has 0 aromatic carbocycles. The molecule has 1 rings (SSSR count). The van der Waals surface area contributed by atoms with E-state index in [1.807, 2.05) is 0 Å². The van der Waals surface area contributed by atoms with Crippen LogP contribution < -0.4 is 5.73 Å². The Labute approximate surface area is 67.8 Å². The normalized spacial score (nSPS) is 10.7. The van der Waals surface area contributed by atoms with Gasteiger partial charge in [0.1, 0.15) is 5.69 Å². The SMILES string of the molecule is Nc1cc(CO)cnc1C(F)F. The average molecular weight is 174 g/mol. The van der Waals surface area contributed by atoms with Crippen LogP contribution in [0.5, 0.6) is 0 Å². The quantitative estimate of drug-likeness (QED) is 0.705. The lowest BCUT2D eigenvalue weighted by Crippen LogP contribution is -2.00. The maximum atomic E-state index is 12.1. The van der Waals surface area contributed by atoms with Crippen molar-refractivity contribution < 1.29 is 13.9 Å². The van der Waals surface area contributed by atoms with E-state index in [2.05, 4.69) is 4.98 Å². The lowest BCUT2D eigenvalue weighted by molar-refractivity contribution is 0.147. The molecule has 0 aliphatic heterocycles. The van der Waals surface area contributed by atoms with Gasteiger partial charge in [0.05, 0.1) is 12.3 Å². The number of alkyl halides is 2. The molecular formula is C7H8F2N2O. The number of nitrogens with zero attached hydrogens (tertiary/aromatic N) is 1. The third-order valence-corrected chi connectivity index (χ3v) is 1.40. The second-order valence-corrected chi connectivity index (χ2v) is 2.28. The lowest BCUT2D eigenvalue weighted by Gasteiger charge is -2.03. The van der Waals surface area contributed by atoms with E-state index in [4.69, 9.17) is 10.8 Å². The highest BCUT2D eigenvalue weighted by molar-refractivity contribution is 5.45. The van der Waals surface area contributed by atoms with E-state index in [0.717, 1.165) is 0 Å². The number of hydrogen-bond donors (Lipinski definition) is 2. The van der Waals surface area contributed by atoms with Crippen molar-refractivity contribution in [3.8, 4) is 0 Å². The van der Waals surface area contributed by atoms with Crippen LogP contribution in [0.4, 0.5) is 14.5 Å². The van der Waals surface area contributed by atoms with E-state index in [1.165, 1.54) is 12.3 Å². The number of halogens is 2. The zero-order valence-electron chi connectivity index (χ0n) is 6.17. The minimum Gasteiger partial charge on any atom is -0.397 e. The minimum absolute atomic E-state index is 0.0865. The van der Waals surface area contributed by atoms with E-state index in [9.17, 15) is 8.78 Å². The number of rotatable bonds is 2. The lowest BCUT2D eigenvalue weighted by atomic mass is 10.2. The van der Waals surface area contributed by atoms with Crippen molar-refractivity contribution in [2.45, 2.75) is 13.0 Å². The van der Waals surface area contributed by atoms with Crippen LogP contribution in [-0.4, -0.2) is 10.1 Å². The molecule has 5 heteroatoms. The number of aliphatic hydroxyl groups excluding tert-OH is 1. The number of nitrogens with two attached hydrogens (primary N) is 1. The highest BCUT2D eigenvalue weighted by Crippen LogP contribution is 2.22. The minimum atomic E-state index is -2.67. The molecule has 12 heavy (non-hydrogen) atoms. The standard InChI is InChI=1S/C7H8F2N2O/c8-7(9)6-5(10)1-4(3-12)2-11-6/h1-2,7,12H,3,10H2. The average Bonchev–Trinajstić information content (AvgIpc) is 2.03. The molecule has 3 N–H and O–H groups in total. The summed E-state index contributed by atoms with van der Waals surface area (Å²) in [4.78, 5) is 3.41. The van der Waals surface area contributed by atoms with E-state index in [0.29, 0.717) is 5.56 Å². The Morgan fingerprint density at radius 2 is 2.25 bits per heavy atom. The van der Waals surface area contributed by atoms with Crippen LogP contribution in [0.25, 0.3) is 0 Å². The van der Waals surface area contributed by atoms with Gasteiger partial charge in [-0.1, -0.05) is 0 Å². The summed E-state index contributed by atoms with van der Waals surface area (Å²) in [6.07, 6.45) is -1.49. The number of aliphatic hydroxyl groups is 1. The molecule has 0 saturated heterocycles. The fourth-order valence-corrected chi connectivity index (χ4v) is 0.807. The zero-order chi connectivity index (χ0) is 9.14. The Morgan fingerprint density at radius 3 is 2.67 bits per heavy atom. The summed E-state index contributed by atoms with van der Waals surface area (Å²) in [6, 6.07) is 1.29. The summed E-state index contributed by atoms with van der Waals surface area (Å²) in [5.74, 6) is 0. The van der Waals surface area contributed by atoms with Crippen molar-refractivity contribution >= 4 is 5.69 Å². The van der Waals surface area contributed by atoms with Crippen molar-refractivity contribution in [3.63, 3.8) is 0 Å². The third-order valence-electron chi connectivity index (χ3n) is 1.40. The van der Waals surface area contributed by atoms with Gasteiger partial charge < -0.3 is 10.8 Å². The van der Waals surface area contributed by atoms with Crippen molar-refractivity contribution in [3.05, 3.63) is 23.5 Å². The molecular weight excluding hydrogens is 166 g/mol. The van der Waals surface area contributed by atoms with Gasteiger partial charge in [0.2, 0.25) is 0 Å². The fraction of sp³-hybridized carbons (Fsp3) is 0.286. The van der Waals surface area contributed by atoms with Gasteiger partial charge in [0.25, 0.3) is 6.43 Å². The van der Waals surface area contributed by atoms with E-state index in [-0.39, 0.29) is 12.3 Å². The van der Waals surface area contributed by atoms with Crippen LogP contribution in [0.3, 0.4) is 0 Å². The molecule has 0 unspecified atom stereocenters. The number of nitrogen functional groups attached to an aromatic ring is 1. The Hall–Kier alpha value is -1.23. The monoisotopic (exact) mass is 174 g/mol. The van der Waals surface area contributed by atoms with E-state index < -0.39 is 12.1 Å². The van der Waals surface area contributed by atoms with Crippen LogP contribution in [0, 0.1) is 0 Å². The second kappa shape index (κ2) is 3.44. The van der Waals surface area contributed by atoms with Crippen LogP contribution in [0.1, 0.15) is 17.7 Å². The highest BCUT2D eigenvalue weighted by Gasteiger charge is 2.12. The highest BCUT2D eigenvalue weighted by atomic mass is 19.3. The number of aromatic nitrogens is 1. The van der Waals surface area contributed by atoms with Crippen molar-refractivity contribution in [1.29, 1.82) is 0 Å². The second-order valence-electron chi connectivity index (χ2n) is 2.28. The molecule has 0 saturated carbocycles. The molecule has 0 amide bonds. The van der Waals surface area contributed by atoms with Gasteiger partial charge in [0.15, 0.2) is 0 Å². The summed E-state index contributed by atoms with van der Waals surface area (Å²) in [5.41, 5.74) is 5.15. The number of hydrogen-bond acceptors (Lipinski definition) is 3. The van der Waals surface area contributed by atoms with Crippen molar-refractivity contribution in [2.75, 3.05) is 5.73 Å². The van der Waals surface area contributed by atoms with Crippen LogP contribution in [-0.2, 0) is 6.61 Å². The summed E-state index contributed by atoms with van der Waals surface area (Å²) in [6.45, 7) is -0.249. The molecule has 3 nitrogen and oxygen atoms in total. The van der Waals surface area contributed by atoms with Gasteiger partial charge in [0, 0.05) is 6.20 Å². The first-order valence-electron chi connectivity index (χ1n) is 3.28. The van der Waals surface area contributed by atoms with Crippen LogP contribution in [0.2, 0.25) is 0 Å². The van der Waals surface area contributed by atoms with Crippen molar-refractivity contribution in [1.82, 2.24) is 4.98 Å². The summed E-state index contributed by atoms with van der Waals surface area (Å²) >= 11 is 0. The summed E-state index contributed by atoms with van der Waals surface area (Å²) in [7, 11) is 0. The Bertz CT molecular complexity index is 278. The Balaban J connectivity index is 3.03. The Morgan fingerprint density at radius 1 is 1.58 bits per heavy atom. The van der Waals surface area contributed by atoms with Crippen LogP contribution in [0.15, 0.2) is 12.3 Å².